The van der Waals surface area contributed by atoms with E-state index in [1.807, 2.05) is 13.0 Å². The number of anilines is 2. The molecule has 0 spiro atoms. The van der Waals surface area contributed by atoms with Gasteiger partial charge < -0.3 is 11.1 Å². The predicted octanol–water partition coefficient (Wildman–Crippen LogP) is 3.85. The van der Waals surface area contributed by atoms with E-state index in [4.69, 9.17) is 10.7 Å². The normalized spacial score (nSPS) is 15.8. The Morgan fingerprint density at radius 3 is 2.74 bits per heavy atom. The van der Waals surface area contributed by atoms with E-state index < -0.39 is 17.6 Å². The van der Waals surface area contributed by atoms with Crippen LogP contribution in [-0.2, 0) is 6.18 Å². The number of alkyl halides is 3. The van der Waals surface area contributed by atoms with E-state index in [0.29, 0.717) is 18.1 Å². The third-order valence-electron chi connectivity index (χ3n) is 6.33. The maximum Gasteiger partial charge on any atom is 0.416 e. The zero-order valence-corrected chi connectivity index (χ0v) is 20.3. The molecule has 4 aromatic heterocycles. The molecule has 1 aliphatic rings. The lowest BCUT2D eigenvalue weighted by Crippen LogP contribution is -2.20. The van der Waals surface area contributed by atoms with Gasteiger partial charge in [0.1, 0.15) is 11.5 Å². The summed E-state index contributed by atoms with van der Waals surface area (Å²) in [4.78, 5) is 32.2. The van der Waals surface area contributed by atoms with Crippen LogP contribution in [0.4, 0.5) is 24.9 Å². The Bertz CT molecular complexity index is 1550. The molecule has 0 radical (unpaired) electrons. The SMILES string of the molecule is CC#CCN1CCC(c2nc(-c3ccc(C(=O)Nc4cc(C(F)(F)F)ccn4)cn3)n3c(N)nccc23)C1. The molecule has 5 rings (SSSR count). The van der Waals surface area contributed by atoms with Crippen LogP contribution >= 0.6 is 0 Å². The first-order valence-electron chi connectivity index (χ1n) is 11.8. The van der Waals surface area contributed by atoms with E-state index in [2.05, 4.69) is 37.0 Å². The fourth-order valence-corrected chi connectivity index (χ4v) is 4.47. The molecule has 3 N–H and O–H groups in total. The summed E-state index contributed by atoms with van der Waals surface area (Å²) < 4.78 is 40.6. The Morgan fingerprint density at radius 2 is 2.00 bits per heavy atom. The van der Waals surface area contributed by atoms with E-state index >= 15 is 0 Å². The molecule has 4 aromatic rings. The third kappa shape index (κ3) is 5.01. The minimum atomic E-state index is -4.55. The van der Waals surface area contributed by atoms with Crippen LogP contribution in [0, 0.1) is 11.8 Å². The summed E-state index contributed by atoms with van der Waals surface area (Å²) in [6.07, 6.45) is 0.328. The number of imidazole rings is 1. The fourth-order valence-electron chi connectivity index (χ4n) is 4.47. The predicted molar refractivity (Wildman–Crippen MR) is 135 cm³/mol. The lowest BCUT2D eigenvalue weighted by molar-refractivity contribution is -0.137. The van der Waals surface area contributed by atoms with Gasteiger partial charge in [-0.05, 0) is 50.2 Å². The van der Waals surface area contributed by atoms with Crippen molar-refractivity contribution >= 4 is 23.2 Å². The van der Waals surface area contributed by atoms with E-state index in [9.17, 15) is 18.0 Å². The van der Waals surface area contributed by atoms with E-state index in [1.165, 1.54) is 12.3 Å². The lowest BCUT2D eigenvalue weighted by atomic mass is 10.0. The number of nitrogens with two attached hydrogens (primary N) is 1. The van der Waals surface area contributed by atoms with Gasteiger partial charge in [0.15, 0.2) is 5.82 Å². The van der Waals surface area contributed by atoms with Crippen LogP contribution in [0.25, 0.3) is 17.0 Å². The Hall–Kier alpha value is -4.50. The second-order valence-electron chi connectivity index (χ2n) is 8.81. The summed E-state index contributed by atoms with van der Waals surface area (Å²) in [7, 11) is 0. The number of nitrogens with zero attached hydrogens (tertiary/aromatic N) is 6. The first-order valence-corrected chi connectivity index (χ1v) is 11.8. The monoisotopic (exact) mass is 520 g/mol. The molecule has 0 bridgehead atoms. The van der Waals surface area contributed by atoms with Gasteiger partial charge in [-0.15, -0.1) is 5.92 Å². The van der Waals surface area contributed by atoms with Gasteiger partial charge in [-0.2, -0.15) is 13.2 Å². The first kappa shape index (κ1) is 25.2. The summed E-state index contributed by atoms with van der Waals surface area (Å²) in [6.45, 7) is 4.26. The second kappa shape index (κ2) is 10.1. The van der Waals surface area contributed by atoms with Crippen LogP contribution < -0.4 is 11.1 Å². The number of halogens is 3. The van der Waals surface area contributed by atoms with Gasteiger partial charge in [0.25, 0.3) is 5.91 Å². The van der Waals surface area contributed by atoms with Crippen LogP contribution in [-0.4, -0.2) is 54.8 Å². The number of likely N-dealkylation sites (tertiary alicyclic amines) is 1. The summed E-state index contributed by atoms with van der Waals surface area (Å²) >= 11 is 0. The van der Waals surface area contributed by atoms with Crippen molar-refractivity contribution in [3.8, 4) is 23.4 Å². The first-order chi connectivity index (χ1) is 18.2. The smallest absolute Gasteiger partial charge is 0.369 e. The molecular formula is C26H23F3N8O. The minimum absolute atomic E-state index is 0.142. The highest BCUT2D eigenvalue weighted by atomic mass is 19.4. The molecule has 1 unspecified atom stereocenters. The van der Waals surface area contributed by atoms with Crippen LogP contribution in [0.3, 0.4) is 0 Å². The van der Waals surface area contributed by atoms with E-state index in [0.717, 1.165) is 49.1 Å². The maximum absolute atomic E-state index is 13.0. The molecule has 12 heteroatoms. The van der Waals surface area contributed by atoms with Crippen molar-refractivity contribution in [1.29, 1.82) is 0 Å². The molecule has 1 amide bonds. The number of hydrogen-bond acceptors (Lipinski definition) is 7. The Morgan fingerprint density at radius 1 is 1.18 bits per heavy atom. The topological polar surface area (TPSA) is 114 Å². The number of carbonyl (C=O) groups excluding carboxylic acids is 1. The quantitative estimate of drug-likeness (QED) is 0.384. The fraction of sp³-hybridized carbons (Fsp3) is 0.269. The van der Waals surface area contributed by atoms with Crippen molar-refractivity contribution in [3.63, 3.8) is 0 Å². The van der Waals surface area contributed by atoms with Gasteiger partial charge in [-0.3, -0.25) is 19.1 Å². The molecule has 9 nitrogen and oxygen atoms in total. The van der Waals surface area contributed by atoms with Gasteiger partial charge >= 0.3 is 6.18 Å². The summed E-state index contributed by atoms with van der Waals surface area (Å²) in [5.74, 6) is 6.09. The minimum Gasteiger partial charge on any atom is -0.369 e. The number of carbonyl (C=O) groups is 1. The Labute approximate surface area is 215 Å². The van der Waals surface area contributed by atoms with E-state index in [1.54, 1.807) is 16.7 Å². The van der Waals surface area contributed by atoms with Crippen LogP contribution in [0.5, 0.6) is 0 Å². The summed E-state index contributed by atoms with van der Waals surface area (Å²) in [5.41, 5.74) is 7.63. The van der Waals surface area contributed by atoms with Crippen molar-refractivity contribution in [2.24, 2.45) is 0 Å². The second-order valence-corrected chi connectivity index (χ2v) is 8.81. The number of nitrogen functional groups attached to an aromatic ring is 1. The Balaban J connectivity index is 1.41. The molecule has 1 fully saturated rings. The molecule has 1 aliphatic heterocycles. The molecule has 0 aliphatic carbocycles. The van der Waals surface area contributed by atoms with Crippen molar-refractivity contribution in [3.05, 3.63) is 65.7 Å². The molecule has 0 saturated carbocycles. The standard InChI is InChI=1S/C26H23F3N8O/c1-2-3-11-36-12-8-17(15-36)22-20-7-10-32-25(30)37(20)23(35-22)19-5-4-16(14-33-19)24(38)34-21-13-18(6-9-31-21)26(27,28)29/h4-7,9-10,13-14,17H,8,11-12,15H2,1H3,(H2,30,32)(H,31,34,38). The molecule has 38 heavy (non-hydrogen) atoms. The van der Waals surface area contributed by atoms with Crippen LogP contribution in [0.2, 0.25) is 0 Å². The van der Waals surface area contributed by atoms with Gasteiger partial charge in [0.2, 0.25) is 5.95 Å². The zero-order chi connectivity index (χ0) is 26.9. The number of fused-ring (bicyclic) bond motifs is 1. The van der Waals surface area contributed by atoms with Gasteiger partial charge in [-0.25, -0.2) is 15.0 Å². The number of hydrogen-bond donors (Lipinski definition) is 2. The molecule has 1 saturated heterocycles. The summed E-state index contributed by atoms with van der Waals surface area (Å²) in [6, 6.07) is 6.59. The average molecular weight is 521 g/mol. The molecular weight excluding hydrogens is 497 g/mol. The zero-order valence-electron chi connectivity index (χ0n) is 20.3. The number of aromatic nitrogens is 5. The molecule has 5 heterocycles. The van der Waals surface area contributed by atoms with Crippen molar-refractivity contribution in [2.75, 3.05) is 30.7 Å². The van der Waals surface area contributed by atoms with Crippen molar-refractivity contribution in [2.45, 2.75) is 25.4 Å². The van der Waals surface area contributed by atoms with Gasteiger partial charge in [0.05, 0.1) is 28.9 Å². The average Bonchev–Trinajstić information content (AvgIpc) is 3.53. The highest BCUT2D eigenvalue weighted by Crippen LogP contribution is 2.33. The molecule has 0 aromatic carbocycles. The largest absolute Gasteiger partial charge is 0.416 e. The third-order valence-corrected chi connectivity index (χ3v) is 6.33. The highest BCUT2D eigenvalue weighted by Gasteiger charge is 2.31. The van der Waals surface area contributed by atoms with Gasteiger partial charge in [0, 0.05) is 31.1 Å². The van der Waals surface area contributed by atoms with Crippen LogP contribution in [0.15, 0.2) is 48.9 Å². The van der Waals surface area contributed by atoms with Crippen molar-refractivity contribution < 1.29 is 18.0 Å². The maximum atomic E-state index is 13.0. The molecule has 1 atom stereocenters. The van der Waals surface area contributed by atoms with Gasteiger partial charge in [-0.1, -0.05) is 5.92 Å². The highest BCUT2D eigenvalue weighted by molar-refractivity contribution is 6.03. The number of rotatable bonds is 5. The number of amides is 1. The number of nitrogens with one attached hydrogen (secondary N) is 1. The van der Waals surface area contributed by atoms with E-state index in [-0.39, 0.29) is 23.2 Å². The Kier molecular flexibility index (Phi) is 6.69. The van der Waals surface area contributed by atoms with Crippen molar-refractivity contribution in [1.82, 2.24) is 29.2 Å². The molecule has 194 valence electrons. The van der Waals surface area contributed by atoms with Crippen LogP contribution in [0.1, 0.15) is 40.9 Å². The summed E-state index contributed by atoms with van der Waals surface area (Å²) in [5, 5.41) is 2.37. The lowest BCUT2D eigenvalue weighted by Gasteiger charge is -2.11. The number of pyridine rings is 2.